The molecule has 0 bridgehead atoms. The second-order valence-electron chi connectivity index (χ2n) is 4.62. The summed E-state index contributed by atoms with van der Waals surface area (Å²) in [6.07, 6.45) is 2.05. The lowest BCUT2D eigenvalue weighted by molar-refractivity contribution is -0.138. The number of carboxylic acid groups (broad SMARTS) is 1. The Morgan fingerprint density at radius 2 is 1.94 bits per heavy atom. The molecule has 2 N–H and O–H groups in total. The molecule has 1 saturated carbocycles. The van der Waals surface area contributed by atoms with Crippen molar-refractivity contribution >= 4 is 5.97 Å². The lowest BCUT2D eigenvalue weighted by atomic mass is 9.93. The van der Waals surface area contributed by atoms with Crippen LogP contribution in [-0.2, 0) is 10.2 Å². The molecule has 0 radical (unpaired) electrons. The molecule has 16 heavy (non-hydrogen) atoms. The van der Waals surface area contributed by atoms with Gasteiger partial charge in [0.15, 0.2) is 0 Å². The van der Waals surface area contributed by atoms with Crippen LogP contribution in [0.4, 0.5) is 0 Å². The second-order valence-corrected chi connectivity index (χ2v) is 4.62. The molecule has 0 heterocycles. The van der Waals surface area contributed by atoms with Gasteiger partial charge in [0.2, 0.25) is 0 Å². The first-order valence-corrected chi connectivity index (χ1v) is 5.53. The number of carbonyl (C=O) groups is 1. The van der Waals surface area contributed by atoms with Crippen LogP contribution in [0.1, 0.15) is 36.8 Å². The summed E-state index contributed by atoms with van der Waals surface area (Å²) >= 11 is 0. The van der Waals surface area contributed by atoms with Crippen LogP contribution in [0.15, 0.2) is 24.3 Å². The topological polar surface area (TPSA) is 57.5 Å². The van der Waals surface area contributed by atoms with Gasteiger partial charge in [-0.1, -0.05) is 24.3 Å². The van der Waals surface area contributed by atoms with Gasteiger partial charge in [0, 0.05) is 5.41 Å². The van der Waals surface area contributed by atoms with Gasteiger partial charge in [-0.2, -0.15) is 0 Å². The smallest absolute Gasteiger partial charge is 0.310 e. The van der Waals surface area contributed by atoms with Crippen LogP contribution in [0.2, 0.25) is 0 Å². The molecule has 1 aromatic carbocycles. The zero-order valence-corrected chi connectivity index (χ0v) is 9.31. The molecule has 1 fully saturated rings. The van der Waals surface area contributed by atoms with Crippen LogP contribution in [-0.4, -0.2) is 22.8 Å². The van der Waals surface area contributed by atoms with E-state index >= 15 is 0 Å². The van der Waals surface area contributed by atoms with E-state index in [1.165, 1.54) is 0 Å². The molecule has 3 heteroatoms. The van der Waals surface area contributed by atoms with Crippen molar-refractivity contribution in [2.75, 3.05) is 6.61 Å². The predicted octanol–water partition coefficient (Wildman–Crippen LogP) is 1.90. The van der Waals surface area contributed by atoms with Gasteiger partial charge in [-0.15, -0.1) is 0 Å². The molecule has 1 atom stereocenters. The first-order valence-electron chi connectivity index (χ1n) is 5.53. The number of rotatable bonds is 4. The van der Waals surface area contributed by atoms with Crippen molar-refractivity contribution in [3.05, 3.63) is 35.4 Å². The van der Waals surface area contributed by atoms with E-state index in [-0.39, 0.29) is 12.0 Å². The molecule has 1 aromatic rings. The highest BCUT2D eigenvalue weighted by Gasteiger charge is 2.43. The fourth-order valence-electron chi connectivity index (χ4n) is 1.96. The average Bonchev–Trinajstić information content (AvgIpc) is 3.09. The van der Waals surface area contributed by atoms with E-state index < -0.39 is 11.9 Å². The highest BCUT2D eigenvalue weighted by molar-refractivity contribution is 5.75. The Hall–Kier alpha value is -1.35. The van der Waals surface area contributed by atoms with Gasteiger partial charge in [-0.25, -0.2) is 0 Å². The number of aliphatic hydroxyl groups is 1. The Morgan fingerprint density at radius 1 is 1.38 bits per heavy atom. The van der Waals surface area contributed by atoms with Crippen molar-refractivity contribution in [3.8, 4) is 0 Å². The summed E-state index contributed by atoms with van der Waals surface area (Å²) < 4.78 is 0. The van der Waals surface area contributed by atoms with Gasteiger partial charge in [-0.05, 0) is 30.9 Å². The molecule has 0 spiro atoms. The largest absolute Gasteiger partial charge is 0.481 e. The van der Waals surface area contributed by atoms with E-state index in [1.807, 2.05) is 24.3 Å². The number of aliphatic carboxylic acids is 1. The molecule has 1 aliphatic rings. The minimum Gasteiger partial charge on any atom is -0.481 e. The Balaban J connectivity index is 2.20. The minimum atomic E-state index is -0.809. The summed E-state index contributed by atoms with van der Waals surface area (Å²) in [5.74, 6) is -1.28. The summed E-state index contributed by atoms with van der Waals surface area (Å²) in [4.78, 5) is 10.8. The quantitative estimate of drug-likeness (QED) is 0.814. The van der Waals surface area contributed by atoms with E-state index in [4.69, 9.17) is 5.11 Å². The maximum atomic E-state index is 10.8. The van der Waals surface area contributed by atoms with Crippen LogP contribution >= 0.6 is 0 Å². The number of benzene rings is 1. The van der Waals surface area contributed by atoms with Gasteiger partial charge < -0.3 is 10.2 Å². The summed E-state index contributed by atoms with van der Waals surface area (Å²) in [6, 6.07) is 7.59. The summed E-state index contributed by atoms with van der Waals surface area (Å²) in [6.45, 7) is 1.86. The zero-order chi connectivity index (χ0) is 11.8. The fraction of sp³-hybridized carbons (Fsp3) is 0.462. The van der Waals surface area contributed by atoms with Crippen molar-refractivity contribution in [2.24, 2.45) is 0 Å². The van der Waals surface area contributed by atoms with Crippen LogP contribution in [0.5, 0.6) is 0 Å². The molecule has 3 nitrogen and oxygen atoms in total. The van der Waals surface area contributed by atoms with E-state index in [0.29, 0.717) is 0 Å². The maximum Gasteiger partial charge on any atom is 0.310 e. The Morgan fingerprint density at radius 3 is 2.31 bits per heavy atom. The molecule has 1 unspecified atom stereocenters. The normalized spacial score (nSPS) is 19.1. The third-order valence-electron chi connectivity index (χ3n) is 3.55. The van der Waals surface area contributed by atoms with E-state index in [0.717, 1.165) is 24.0 Å². The third kappa shape index (κ3) is 1.83. The van der Waals surface area contributed by atoms with Crippen LogP contribution < -0.4 is 0 Å². The summed E-state index contributed by atoms with van der Waals surface area (Å²) in [7, 11) is 0. The lowest BCUT2D eigenvalue weighted by Crippen LogP contribution is -2.12. The zero-order valence-electron chi connectivity index (χ0n) is 9.31. The predicted molar refractivity (Wildman–Crippen MR) is 60.5 cm³/mol. The standard InChI is InChI=1S/C13H16O3/c1-9(12(15)16)10-2-4-11(5-3-10)13(8-14)6-7-13/h2-5,9,14H,6-8H2,1H3,(H,15,16). The van der Waals surface area contributed by atoms with Crippen molar-refractivity contribution in [1.82, 2.24) is 0 Å². The number of hydrogen-bond acceptors (Lipinski definition) is 2. The number of hydrogen-bond donors (Lipinski definition) is 2. The minimum absolute atomic E-state index is 0.0367. The van der Waals surface area contributed by atoms with Crippen molar-refractivity contribution in [3.63, 3.8) is 0 Å². The average molecular weight is 220 g/mol. The Bertz CT molecular complexity index is 390. The first-order chi connectivity index (χ1) is 7.59. The first kappa shape index (κ1) is 11.1. The Labute approximate surface area is 94.7 Å². The molecule has 0 aliphatic heterocycles. The molecule has 0 aromatic heterocycles. The molecular formula is C13H16O3. The second kappa shape index (κ2) is 3.91. The molecule has 0 saturated heterocycles. The van der Waals surface area contributed by atoms with Gasteiger partial charge in [0.1, 0.15) is 0 Å². The monoisotopic (exact) mass is 220 g/mol. The maximum absolute atomic E-state index is 10.8. The fourth-order valence-corrected chi connectivity index (χ4v) is 1.96. The van der Waals surface area contributed by atoms with Gasteiger partial charge in [-0.3, -0.25) is 4.79 Å². The van der Waals surface area contributed by atoms with Crippen molar-refractivity contribution in [1.29, 1.82) is 0 Å². The molecule has 0 amide bonds. The van der Waals surface area contributed by atoms with E-state index in [1.54, 1.807) is 6.92 Å². The third-order valence-corrected chi connectivity index (χ3v) is 3.55. The summed E-state index contributed by atoms with van der Waals surface area (Å²) in [5, 5.41) is 18.2. The molecule has 2 rings (SSSR count). The van der Waals surface area contributed by atoms with Gasteiger partial charge in [0.25, 0.3) is 0 Å². The van der Waals surface area contributed by atoms with Crippen molar-refractivity contribution in [2.45, 2.75) is 31.1 Å². The molecular weight excluding hydrogens is 204 g/mol. The highest BCUT2D eigenvalue weighted by Crippen LogP contribution is 2.47. The van der Waals surface area contributed by atoms with Gasteiger partial charge >= 0.3 is 5.97 Å². The van der Waals surface area contributed by atoms with E-state index in [9.17, 15) is 9.90 Å². The Kier molecular flexibility index (Phi) is 2.72. The van der Waals surface area contributed by atoms with E-state index in [2.05, 4.69) is 0 Å². The highest BCUT2D eigenvalue weighted by atomic mass is 16.4. The van der Waals surface area contributed by atoms with Crippen molar-refractivity contribution < 1.29 is 15.0 Å². The van der Waals surface area contributed by atoms with Gasteiger partial charge in [0.05, 0.1) is 12.5 Å². The summed E-state index contributed by atoms with van der Waals surface area (Å²) in [5.41, 5.74) is 1.90. The lowest BCUT2D eigenvalue weighted by Gasteiger charge is -2.13. The molecule has 86 valence electrons. The number of carboxylic acids is 1. The SMILES string of the molecule is CC(C(=O)O)c1ccc(C2(CO)CC2)cc1. The van der Waals surface area contributed by atoms with Crippen LogP contribution in [0.25, 0.3) is 0 Å². The van der Waals surface area contributed by atoms with Crippen LogP contribution in [0.3, 0.4) is 0 Å². The van der Waals surface area contributed by atoms with Crippen LogP contribution in [0, 0.1) is 0 Å². The number of aliphatic hydroxyl groups excluding tert-OH is 1. The molecule has 1 aliphatic carbocycles.